The molecule has 20 heavy (non-hydrogen) atoms. The molecule has 0 aliphatic carbocycles. The van der Waals surface area contributed by atoms with Crippen LogP contribution in [-0.4, -0.2) is 39.9 Å². The molecule has 3 rings (SSSR count). The Bertz CT molecular complexity index is 590. The molecule has 0 spiro atoms. The van der Waals surface area contributed by atoms with Gasteiger partial charge in [0.05, 0.1) is 5.69 Å². The molecule has 1 saturated heterocycles. The Labute approximate surface area is 118 Å². The summed E-state index contributed by atoms with van der Waals surface area (Å²) in [7, 11) is 0. The predicted molar refractivity (Wildman–Crippen MR) is 71.2 cm³/mol. The molecule has 2 aromatic heterocycles. The van der Waals surface area contributed by atoms with Crippen LogP contribution >= 0.6 is 11.3 Å². The van der Waals surface area contributed by atoms with Gasteiger partial charge >= 0.3 is 0 Å². The lowest BCUT2D eigenvalue weighted by Crippen LogP contribution is -2.49. The fraction of sp³-hybridized carbons (Fsp3) is 0.333. The van der Waals surface area contributed by atoms with Crippen molar-refractivity contribution in [1.82, 2.24) is 15.0 Å². The number of likely N-dealkylation sites (tertiary alicyclic amines) is 1. The van der Waals surface area contributed by atoms with Crippen LogP contribution in [0.2, 0.25) is 0 Å². The molecule has 1 aliphatic heterocycles. The van der Waals surface area contributed by atoms with Gasteiger partial charge in [-0.1, -0.05) is 5.16 Å². The summed E-state index contributed by atoms with van der Waals surface area (Å²) in [4.78, 5) is 29.1. The normalized spacial score (nSPS) is 14.9. The smallest absolute Gasteiger partial charge is 0.235 e. The molecule has 0 radical (unpaired) electrons. The summed E-state index contributed by atoms with van der Waals surface area (Å²) < 4.78 is 4.77. The summed E-state index contributed by atoms with van der Waals surface area (Å²) in [6, 6.07) is 1.79. The number of carbonyl (C=O) groups is 2. The van der Waals surface area contributed by atoms with E-state index in [2.05, 4.69) is 15.5 Å². The minimum Gasteiger partial charge on any atom is -0.364 e. The van der Waals surface area contributed by atoms with Crippen molar-refractivity contribution < 1.29 is 14.1 Å². The topological polar surface area (TPSA) is 88.3 Å². The van der Waals surface area contributed by atoms with Crippen LogP contribution in [0.4, 0.5) is 5.13 Å². The van der Waals surface area contributed by atoms with Gasteiger partial charge in [0.25, 0.3) is 0 Å². The summed E-state index contributed by atoms with van der Waals surface area (Å²) in [6.45, 7) is 1.16. The van der Waals surface area contributed by atoms with E-state index in [4.69, 9.17) is 4.52 Å². The van der Waals surface area contributed by atoms with Gasteiger partial charge in [0.2, 0.25) is 11.8 Å². The van der Waals surface area contributed by atoms with Crippen molar-refractivity contribution in [3.05, 3.63) is 29.6 Å². The number of nitrogens with one attached hydrogen (secondary N) is 1. The second kappa shape index (κ2) is 5.41. The van der Waals surface area contributed by atoms with Gasteiger partial charge in [-0.05, 0) is 0 Å². The van der Waals surface area contributed by atoms with Crippen LogP contribution in [0.5, 0.6) is 0 Å². The summed E-state index contributed by atoms with van der Waals surface area (Å²) in [6.07, 6.45) is 2.95. The van der Waals surface area contributed by atoms with Crippen molar-refractivity contribution in [3.8, 4) is 0 Å². The highest BCUT2D eigenvalue weighted by Crippen LogP contribution is 2.26. The van der Waals surface area contributed by atoms with Crippen molar-refractivity contribution in [2.75, 3.05) is 18.4 Å². The molecule has 8 heteroatoms. The summed E-state index contributed by atoms with van der Waals surface area (Å²) >= 11 is 1.32. The van der Waals surface area contributed by atoms with Crippen molar-refractivity contribution >= 4 is 28.3 Å². The number of rotatable bonds is 4. The van der Waals surface area contributed by atoms with Crippen LogP contribution in [0.15, 0.2) is 28.4 Å². The number of anilines is 1. The van der Waals surface area contributed by atoms with Crippen molar-refractivity contribution in [2.24, 2.45) is 0 Å². The lowest BCUT2D eigenvalue weighted by atomic mass is 9.96. The van der Waals surface area contributed by atoms with Crippen LogP contribution in [-0.2, 0) is 9.59 Å². The number of hydrogen-bond acceptors (Lipinski definition) is 6. The van der Waals surface area contributed by atoms with E-state index in [0.717, 1.165) is 5.69 Å². The zero-order chi connectivity index (χ0) is 13.9. The van der Waals surface area contributed by atoms with E-state index in [1.165, 1.54) is 17.6 Å². The number of amides is 2. The fourth-order valence-corrected chi connectivity index (χ4v) is 2.54. The third kappa shape index (κ3) is 2.69. The van der Waals surface area contributed by atoms with E-state index < -0.39 is 0 Å². The number of nitrogens with zero attached hydrogens (tertiary/aromatic N) is 3. The van der Waals surface area contributed by atoms with Crippen LogP contribution < -0.4 is 5.32 Å². The quantitative estimate of drug-likeness (QED) is 0.852. The first kappa shape index (κ1) is 12.8. The second-order valence-electron chi connectivity index (χ2n) is 4.48. The zero-order valence-electron chi connectivity index (χ0n) is 10.5. The van der Waals surface area contributed by atoms with Gasteiger partial charge < -0.3 is 14.7 Å². The molecule has 2 aromatic rings. The maximum atomic E-state index is 11.9. The van der Waals surface area contributed by atoms with E-state index in [-0.39, 0.29) is 24.2 Å². The van der Waals surface area contributed by atoms with Crippen LogP contribution in [0, 0.1) is 0 Å². The predicted octanol–water partition coefficient (Wildman–Crippen LogP) is 1.09. The van der Waals surface area contributed by atoms with E-state index in [1.54, 1.807) is 22.5 Å². The molecular formula is C12H12N4O3S. The van der Waals surface area contributed by atoms with Crippen LogP contribution in [0.25, 0.3) is 0 Å². The molecule has 0 saturated carbocycles. The van der Waals surface area contributed by atoms with Gasteiger partial charge in [-0.2, -0.15) is 0 Å². The highest BCUT2D eigenvalue weighted by molar-refractivity contribution is 7.13. The highest BCUT2D eigenvalue weighted by atomic mass is 32.1. The van der Waals surface area contributed by atoms with Gasteiger partial charge in [-0.15, -0.1) is 11.3 Å². The molecule has 0 aromatic carbocycles. The SMILES string of the molecule is O=C(CC(=O)N1CC(c2ccon2)C1)Nc1nccs1. The molecule has 1 aliphatic rings. The Hall–Kier alpha value is -2.22. The second-order valence-corrected chi connectivity index (χ2v) is 5.38. The Balaban J connectivity index is 1.45. The van der Waals surface area contributed by atoms with E-state index >= 15 is 0 Å². The van der Waals surface area contributed by atoms with Crippen molar-refractivity contribution in [3.63, 3.8) is 0 Å². The highest BCUT2D eigenvalue weighted by Gasteiger charge is 2.33. The Morgan fingerprint density at radius 1 is 1.50 bits per heavy atom. The van der Waals surface area contributed by atoms with Gasteiger partial charge in [0.15, 0.2) is 5.13 Å². The van der Waals surface area contributed by atoms with Gasteiger partial charge in [-0.3, -0.25) is 9.59 Å². The van der Waals surface area contributed by atoms with Gasteiger partial charge in [-0.25, -0.2) is 4.98 Å². The summed E-state index contributed by atoms with van der Waals surface area (Å²) in [5.41, 5.74) is 0.848. The van der Waals surface area contributed by atoms with Crippen LogP contribution in [0.1, 0.15) is 18.0 Å². The molecule has 0 unspecified atom stereocenters. The number of aromatic nitrogens is 2. The van der Waals surface area contributed by atoms with E-state index in [0.29, 0.717) is 18.2 Å². The standard InChI is InChI=1S/C12H12N4O3S/c17-10(14-12-13-2-4-20-12)5-11(18)16-6-8(7-16)9-1-3-19-15-9/h1-4,8H,5-7H2,(H,13,14,17). The summed E-state index contributed by atoms with van der Waals surface area (Å²) in [5, 5.41) is 8.70. The number of carbonyl (C=O) groups excluding carboxylic acids is 2. The molecule has 2 amide bonds. The fourth-order valence-electron chi connectivity index (χ4n) is 2.00. The molecule has 0 atom stereocenters. The zero-order valence-corrected chi connectivity index (χ0v) is 11.3. The molecule has 3 heterocycles. The number of hydrogen-bond donors (Lipinski definition) is 1. The van der Waals surface area contributed by atoms with Crippen molar-refractivity contribution in [2.45, 2.75) is 12.3 Å². The van der Waals surface area contributed by atoms with Gasteiger partial charge in [0, 0.05) is 36.7 Å². The molecule has 1 N–H and O–H groups in total. The van der Waals surface area contributed by atoms with E-state index in [9.17, 15) is 9.59 Å². The van der Waals surface area contributed by atoms with Gasteiger partial charge in [0.1, 0.15) is 12.7 Å². The summed E-state index contributed by atoms with van der Waals surface area (Å²) in [5.74, 6) is -0.312. The van der Waals surface area contributed by atoms with Crippen LogP contribution in [0.3, 0.4) is 0 Å². The lowest BCUT2D eigenvalue weighted by molar-refractivity contribution is -0.138. The maximum absolute atomic E-state index is 11.9. The number of thiazole rings is 1. The largest absolute Gasteiger partial charge is 0.364 e. The Morgan fingerprint density at radius 3 is 3.00 bits per heavy atom. The molecule has 0 bridgehead atoms. The van der Waals surface area contributed by atoms with E-state index in [1.807, 2.05) is 0 Å². The lowest BCUT2D eigenvalue weighted by Gasteiger charge is -2.38. The Kier molecular flexibility index (Phi) is 3.46. The minimum atomic E-state index is -0.338. The molecule has 1 fully saturated rings. The van der Waals surface area contributed by atoms with Crippen molar-refractivity contribution in [1.29, 1.82) is 0 Å². The average molecular weight is 292 g/mol. The minimum absolute atomic E-state index is 0.162. The maximum Gasteiger partial charge on any atom is 0.235 e. The molecule has 104 valence electrons. The Morgan fingerprint density at radius 2 is 2.35 bits per heavy atom. The first-order valence-corrected chi connectivity index (χ1v) is 6.98. The monoisotopic (exact) mass is 292 g/mol. The third-order valence-electron chi connectivity index (χ3n) is 3.10. The molecular weight excluding hydrogens is 280 g/mol. The first-order chi connectivity index (χ1) is 9.72. The third-order valence-corrected chi connectivity index (χ3v) is 3.79. The first-order valence-electron chi connectivity index (χ1n) is 6.10. The average Bonchev–Trinajstić information content (AvgIpc) is 2.99. The molecule has 7 nitrogen and oxygen atoms in total.